The highest BCUT2D eigenvalue weighted by atomic mass is 16.5. The minimum Gasteiger partial charge on any atom is -0.480 e. The molecule has 0 aliphatic heterocycles. The van der Waals surface area contributed by atoms with Gasteiger partial charge in [0.15, 0.2) is 0 Å². The van der Waals surface area contributed by atoms with Crippen molar-refractivity contribution in [3.63, 3.8) is 0 Å². The molecule has 0 saturated heterocycles. The molecule has 6 nitrogen and oxygen atoms in total. The molecule has 0 bridgehead atoms. The highest BCUT2D eigenvalue weighted by Gasteiger charge is 2.43. The molecule has 0 aromatic heterocycles. The number of Topliss-reactive ketones (excluding diaryl/α,β-unsaturated/α-hetero) is 1. The second kappa shape index (κ2) is 7.11. The molecular formula is C22H21NO5. The van der Waals surface area contributed by atoms with E-state index in [0.29, 0.717) is 0 Å². The molecule has 1 fully saturated rings. The zero-order chi connectivity index (χ0) is 19.7. The topological polar surface area (TPSA) is 92.7 Å². The van der Waals surface area contributed by atoms with Gasteiger partial charge in [-0.05, 0) is 35.1 Å². The highest BCUT2D eigenvalue weighted by Crippen LogP contribution is 2.44. The summed E-state index contributed by atoms with van der Waals surface area (Å²) >= 11 is 0. The summed E-state index contributed by atoms with van der Waals surface area (Å²) < 4.78 is 5.45. The Morgan fingerprint density at radius 2 is 1.54 bits per heavy atom. The number of carbonyl (C=O) groups excluding carboxylic acids is 2. The third kappa shape index (κ3) is 3.15. The molecule has 2 aromatic carbocycles. The Balaban J connectivity index is 1.48. The molecular weight excluding hydrogens is 358 g/mol. The Morgan fingerprint density at radius 1 is 1.00 bits per heavy atom. The average Bonchev–Trinajstić information content (AvgIpc) is 3.02. The number of fused-ring (bicyclic) bond motifs is 3. The minimum absolute atomic E-state index is 0.0196. The van der Waals surface area contributed by atoms with Crippen LogP contribution in [0, 0.1) is 0 Å². The Bertz CT molecular complexity index is 896. The number of carboxylic acids is 1. The van der Waals surface area contributed by atoms with E-state index >= 15 is 0 Å². The van der Waals surface area contributed by atoms with Gasteiger partial charge in [-0.1, -0.05) is 48.5 Å². The number of ketones is 1. The molecule has 1 saturated carbocycles. The molecule has 0 unspecified atom stereocenters. The molecule has 1 amide bonds. The molecule has 4 rings (SSSR count). The van der Waals surface area contributed by atoms with Gasteiger partial charge in [0.1, 0.15) is 17.9 Å². The van der Waals surface area contributed by atoms with Crippen LogP contribution in [0.5, 0.6) is 0 Å². The van der Waals surface area contributed by atoms with Crippen LogP contribution in [0.3, 0.4) is 0 Å². The first-order valence-electron chi connectivity index (χ1n) is 9.38. The standard InChI is InChI=1S/C22H21NO5/c24-14-9-11-22(12-10-14,20(25)26)23-21(27)28-13-19-17-7-3-1-5-15(17)16-6-2-4-8-18(16)19/h1-8,19H,9-13H2,(H,23,27)(H,25,26). The van der Waals surface area contributed by atoms with Crippen LogP contribution in [0.4, 0.5) is 4.79 Å². The smallest absolute Gasteiger partial charge is 0.408 e. The van der Waals surface area contributed by atoms with E-state index in [2.05, 4.69) is 5.32 Å². The van der Waals surface area contributed by atoms with E-state index in [1.54, 1.807) is 0 Å². The molecule has 2 aliphatic carbocycles. The lowest BCUT2D eigenvalue weighted by Gasteiger charge is -2.33. The van der Waals surface area contributed by atoms with Crippen molar-refractivity contribution in [2.24, 2.45) is 0 Å². The minimum atomic E-state index is -1.43. The molecule has 0 radical (unpaired) electrons. The van der Waals surface area contributed by atoms with Crippen LogP contribution in [0.2, 0.25) is 0 Å². The highest BCUT2D eigenvalue weighted by molar-refractivity contribution is 5.89. The van der Waals surface area contributed by atoms with Crippen molar-refractivity contribution in [1.82, 2.24) is 5.32 Å². The van der Waals surface area contributed by atoms with E-state index in [-0.39, 0.29) is 44.0 Å². The largest absolute Gasteiger partial charge is 0.480 e. The lowest BCUT2D eigenvalue weighted by Crippen LogP contribution is -2.56. The van der Waals surface area contributed by atoms with Crippen LogP contribution in [-0.2, 0) is 14.3 Å². The summed E-state index contributed by atoms with van der Waals surface area (Å²) in [4.78, 5) is 35.6. The zero-order valence-corrected chi connectivity index (χ0v) is 15.3. The van der Waals surface area contributed by atoms with Crippen LogP contribution in [-0.4, -0.2) is 35.1 Å². The number of carboxylic acid groups (broad SMARTS) is 1. The van der Waals surface area contributed by atoms with E-state index in [1.165, 1.54) is 0 Å². The number of amides is 1. The number of ether oxygens (including phenoxy) is 1. The fourth-order valence-corrected chi connectivity index (χ4v) is 4.18. The number of hydrogen-bond acceptors (Lipinski definition) is 4. The summed E-state index contributed by atoms with van der Waals surface area (Å²) in [6.45, 7) is 0.120. The Labute approximate surface area is 162 Å². The maximum atomic E-state index is 12.4. The van der Waals surface area contributed by atoms with Crippen molar-refractivity contribution in [1.29, 1.82) is 0 Å². The van der Waals surface area contributed by atoms with Gasteiger partial charge in [-0.2, -0.15) is 0 Å². The van der Waals surface area contributed by atoms with E-state index < -0.39 is 17.6 Å². The van der Waals surface area contributed by atoms with Crippen molar-refractivity contribution >= 4 is 17.8 Å². The number of carbonyl (C=O) groups is 3. The van der Waals surface area contributed by atoms with Gasteiger partial charge in [0.05, 0.1) is 0 Å². The molecule has 2 N–H and O–H groups in total. The lowest BCUT2D eigenvalue weighted by atomic mass is 9.81. The zero-order valence-electron chi connectivity index (χ0n) is 15.3. The first kappa shape index (κ1) is 18.2. The van der Waals surface area contributed by atoms with Crippen LogP contribution in [0.1, 0.15) is 42.7 Å². The van der Waals surface area contributed by atoms with E-state index in [9.17, 15) is 19.5 Å². The average molecular weight is 379 g/mol. The second-order valence-electron chi connectivity index (χ2n) is 7.38. The third-order valence-electron chi connectivity index (χ3n) is 5.76. The van der Waals surface area contributed by atoms with Crippen LogP contribution in [0.15, 0.2) is 48.5 Å². The van der Waals surface area contributed by atoms with Gasteiger partial charge in [-0.3, -0.25) is 4.79 Å². The maximum absolute atomic E-state index is 12.4. The van der Waals surface area contributed by atoms with Crippen molar-refractivity contribution in [2.75, 3.05) is 6.61 Å². The predicted octanol–water partition coefficient (Wildman–Crippen LogP) is 3.49. The lowest BCUT2D eigenvalue weighted by molar-refractivity contribution is -0.147. The van der Waals surface area contributed by atoms with Crippen molar-refractivity contribution in [3.8, 4) is 11.1 Å². The van der Waals surface area contributed by atoms with Crippen molar-refractivity contribution < 1.29 is 24.2 Å². The molecule has 6 heteroatoms. The molecule has 0 spiro atoms. The summed E-state index contributed by atoms with van der Waals surface area (Å²) in [5, 5.41) is 12.1. The monoisotopic (exact) mass is 379 g/mol. The molecule has 2 aromatic rings. The predicted molar refractivity (Wildman–Crippen MR) is 102 cm³/mol. The number of alkyl carbamates (subject to hydrolysis) is 1. The molecule has 0 atom stereocenters. The van der Waals surface area contributed by atoms with Gasteiger partial charge in [-0.25, -0.2) is 9.59 Å². The van der Waals surface area contributed by atoms with Gasteiger partial charge in [0, 0.05) is 18.8 Å². The fraction of sp³-hybridized carbons (Fsp3) is 0.318. The number of benzene rings is 2. The van der Waals surface area contributed by atoms with Crippen LogP contribution < -0.4 is 5.32 Å². The van der Waals surface area contributed by atoms with Crippen molar-refractivity contribution in [3.05, 3.63) is 59.7 Å². The first-order valence-corrected chi connectivity index (χ1v) is 9.38. The number of nitrogens with one attached hydrogen (secondary N) is 1. The molecule has 144 valence electrons. The normalized spacial score (nSPS) is 17.5. The Kier molecular flexibility index (Phi) is 4.63. The van der Waals surface area contributed by atoms with E-state index in [0.717, 1.165) is 22.3 Å². The summed E-state index contributed by atoms with van der Waals surface area (Å²) in [5.74, 6) is -1.20. The second-order valence-corrected chi connectivity index (χ2v) is 7.38. The maximum Gasteiger partial charge on any atom is 0.408 e. The number of aliphatic carboxylic acids is 1. The third-order valence-corrected chi connectivity index (χ3v) is 5.76. The van der Waals surface area contributed by atoms with E-state index in [1.807, 2.05) is 48.5 Å². The number of hydrogen-bond donors (Lipinski definition) is 2. The van der Waals surface area contributed by atoms with Gasteiger partial charge >= 0.3 is 12.1 Å². The number of rotatable bonds is 4. The summed E-state index contributed by atoms with van der Waals surface area (Å²) in [6, 6.07) is 16.0. The van der Waals surface area contributed by atoms with Crippen LogP contribution in [0.25, 0.3) is 11.1 Å². The summed E-state index contributed by atoms with van der Waals surface area (Å²) in [5.41, 5.74) is 3.00. The molecule has 2 aliphatic rings. The fourth-order valence-electron chi connectivity index (χ4n) is 4.18. The first-order chi connectivity index (χ1) is 13.5. The summed E-state index contributed by atoms with van der Waals surface area (Å²) in [7, 11) is 0. The van der Waals surface area contributed by atoms with Gasteiger partial charge < -0.3 is 15.2 Å². The summed E-state index contributed by atoms with van der Waals surface area (Å²) in [6.07, 6.45) is -0.290. The molecule has 0 heterocycles. The quantitative estimate of drug-likeness (QED) is 0.848. The van der Waals surface area contributed by atoms with Crippen LogP contribution >= 0.6 is 0 Å². The SMILES string of the molecule is O=C1CCC(NC(=O)OCC2c3ccccc3-c3ccccc32)(C(=O)O)CC1. The van der Waals surface area contributed by atoms with E-state index in [4.69, 9.17) is 4.74 Å². The Morgan fingerprint density at radius 3 is 2.07 bits per heavy atom. The van der Waals surface area contributed by atoms with Gasteiger partial charge in [-0.15, -0.1) is 0 Å². The Hall–Kier alpha value is -3.15. The van der Waals surface area contributed by atoms with Gasteiger partial charge in [0.25, 0.3) is 0 Å². The van der Waals surface area contributed by atoms with Gasteiger partial charge in [0.2, 0.25) is 0 Å². The van der Waals surface area contributed by atoms with Crippen molar-refractivity contribution in [2.45, 2.75) is 37.1 Å². The molecule has 28 heavy (non-hydrogen) atoms.